The predicted octanol–water partition coefficient (Wildman–Crippen LogP) is 4.24. The summed E-state index contributed by atoms with van der Waals surface area (Å²) in [5, 5.41) is 3.86. The monoisotopic (exact) mass is 285 g/mol. The number of benzene rings is 2. The topological polar surface area (TPSA) is 12.0 Å². The van der Waals surface area contributed by atoms with Gasteiger partial charge < -0.3 is 5.32 Å². The molecule has 104 valence electrons. The number of hydrogen-bond acceptors (Lipinski definition) is 1. The van der Waals surface area contributed by atoms with Crippen molar-refractivity contribution in [1.82, 2.24) is 5.32 Å². The van der Waals surface area contributed by atoms with Gasteiger partial charge in [0.15, 0.2) is 0 Å². The van der Waals surface area contributed by atoms with Crippen molar-refractivity contribution < 1.29 is 0 Å². The first-order valence-electron chi connectivity index (χ1n) is 7.30. The Labute approximate surface area is 126 Å². The van der Waals surface area contributed by atoms with Gasteiger partial charge in [-0.25, -0.2) is 0 Å². The van der Waals surface area contributed by atoms with Crippen LogP contribution in [0, 0.1) is 0 Å². The van der Waals surface area contributed by atoms with E-state index in [4.69, 9.17) is 0 Å². The smallest absolute Gasteiger partial charge is 0.0328 e. The molecule has 0 spiro atoms. The highest BCUT2D eigenvalue weighted by atomic mass is 35.5. The summed E-state index contributed by atoms with van der Waals surface area (Å²) in [4.78, 5) is 0. The molecule has 2 aliphatic rings. The predicted molar refractivity (Wildman–Crippen MR) is 85.5 cm³/mol. The maximum atomic E-state index is 3.86. The zero-order valence-electron chi connectivity index (χ0n) is 11.5. The molecule has 2 aromatic carbocycles. The fourth-order valence-electron chi connectivity index (χ4n) is 3.44. The minimum Gasteiger partial charge on any atom is -0.307 e. The average molecular weight is 286 g/mol. The number of halogens is 1. The molecular weight excluding hydrogens is 266 g/mol. The molecule has 2 unspecified atom stereocenters. The molecule has 2 aliphatic carbocycles. The molecule has 1 nitrogen and oxygen atoms in total. The largest absolute Gasteiger partial charge is 0.307 e. The lowest BCUT2D eigenvalue weighted by atomic mass is 10.1. The lowest BCUT2D eigenvalue weighted by molar-refractivity contribution is 0.521. The second-order valence-corrected chi connectivity index (χ2v) is 5.82. The summed E-state index contributed by atoms with van der Waals surface area (Å²) in [6.45, 7) is 0. The molecule has 1 saturated carbocycles. The van der Waals surface area contributed by atoms with Crippen LogP contribution in [0.25, 0.3) is 0 Å². The number of aryl methyl sites for hydroxylation is 1. The van der Waals surface area contributed by atoms with Crippen molar-refractivity contribution in [3.05, 3.63) is 71.3 Å². The van der Waals surface area contributed by atoms with Crippen molar-refractivity contribution in [2.45, 2.75) is 37.3 Å². The molecule has 0 bridgehead atoms. The van der Waals surface area contributed by atoms with Gasteiger partial charge in [0.05, 0.1) is 0 Å². The van der Waals surface area contributed by atoms with Gasteiger partial charge >= 0.3 is 0 Å². The first-order valence-corrected chi connectivity index (χ1v) is 7.30. The molecule has 0 amide bonds. The number of fused-ring (bicyclic) bond motifs is 1. The van der Waals surface area contributed by atoms with Crippen LogP contribution in [0.15, 0.2) is 54.6 Å². The Morgan fingerprint density at radius 2 is 1.65 bits per heavy atom. The molecule has 1 N–H and O–H groups in total. The summed E-state index contributed by atoms with van der Waals surface area (Å²) >= 11 is 0. The van der Waals surface area contributed by atoms with E-state index in [9.17, 15) is 0 Å². The van der Waals surface area contributed by atoms with Gasteiger partial charge in [0.1, 0.15) is 0 Å². The van der Waals surface area contributed by atoms with E-state index >= 15 is 0 Å². The fourth-order valence-corrected chi connectivity index (χ4v) is 3.44. The van der Waals surface area contributed by atoms with Crippen molar-refractivity contribution in [2.75, 3.05) is 0 Å². The molecule has 20 heavy (non-hydrogen) atoms. The molecule has 2 heteroatoms. The third kappa shape index (κ3) is 2.48. The van der Waals surface area contributed by atoms with E-state index in [-0.39, 0.29) is 12.4 Å². The Balaban J connectivity index is 0.00000121. The molecule has 3 atom stereocenters. The van der Waals surface area contributed by atoms with Gasteiger partial charge in [0, 0.05) is 18.0 Å². The van der Waals surface area contributed by atoms with E-state index in [2.05, 4.69) is 59.9 Å². The summed E-state index contributed by atoms with van der Waals surface area (Å²) < 4.78 is 0. The first-order chi connectivity index (χ1) is 9.42. The Morgan fingerprint density at radius 3 is 2.50 bits per heavy atom. The Kier molecular flexibility index (Phi) is 3.82. The van der Waals surface area contributed by atoms with Crippen molar-refractivity contribution in [3.63, 3.8) is 0 Å². The van der Waals surface area contributed by atoms with Crippen LogP contribution in [0.5, 0.6) is 0 Å². The molecule has 0 radical (unpaired) electrons. The number of rotatable bonds is 3. The summed E-state index contributed by atoms with van der Waals surface area (Å²) in [5.74, 6) is 0.731. The summed E-state index contributed by atoms with van der Waals surface area (Å²) in [6, 6.07) is 21.1. The summed E-state index contributed by atoms with van der Waals surface area (Å²) in [5.41, 5.74) is 4.56. The molecule has 1 fully saturated rings. The fraction of sp³-hybridized carbons (Fsp3) is 0.333. The normalized spacial score (nSPS) is 26.7. The van der Waals surface area contributed by atoms with Crippen LogP contribution in [0.1, 0.15) is 41.5 Å². The first kappa shape index (κ1) is 13.7. The second kappa shape index (κ2) is 5.59. The summed E-state index contributed by atoms with van der Waals surface area (Å²) in [6.07, 6.45) is 3.79. The van der Waals surface area contributed by atoms with E-state index in [1.807, 2.05) is 0 Å². The number of nitrogens with one attached hydrogen (secondary N) is 1. The maximum Gasteiger partial charge on any atom is 0.0328 e. The lowest BCUT2D eigenvalue weighted by Gasteiger charge is -2.14. The van der Waals surface area contributed by atoms with E-state index in [1.165, 1.54) is 36.0 Å². The van der Waals surface area contributed by atoms with Crippen LogP contribution < -0.4 is 5.32 Å². The lowest BCUT2D eigenvalue weighted by Crippen LogP contribution is -2.22. The van der Waals surface area contributed by atoms with Gasteiger partial charge in [-0.15, -0.1) is 12.4 Å². The van der Waals surface area contributed by atoms with Gasteiger partial charge in [-0.05, 0) is 36.0 Å². The van der Waals surface area contributed by atoms with Crippen LogP contribution in [-0.4, -0.2) is 6.04 Å². The maximum absolute atomic E-state index is 3.86. The quantitative estimate of drug-likeness (QED) is 0.889. The third-order valence-electron chi connectivity index (χ3n) is 4.57. The number of hydrogen-bond donors (Lipinski definition) is 1. The molecule has 0 saturated heterocycles. The van der Waals surface area contributed by atoms with Crippen LogP contribution in [-0.2, 0) is 6.42 Å². The standard InChI is InChI=1S/C18H19N.ClH/c1-2-6-13(7-3-1)16-12-18(16)19-17-11-10-14-8-4-5-9-15(14)17;/h1-9,16-19H,10-12H2;1H/t16?,17?,18-;/m0./s1. The van der Waals surface area contributed by atoms with E-state index in [0.717, 1.165) is 5.92 Å². The van der Waals surface area contributed by atoms with Crippen LogP contribution in [0.4, 0.5) is 0 Å². The molecular formula is C18H20ClN. The van der Waals surface area contributed by atoms with Gasteiger partial charge in [0.2, 0.25) is 0 Å². The second-order valence-electron chi connectivity index (χ2n) is 5.82. The van der Waals surface area contributed by atoms with Crippen molar-refractivity contribution >= 4 is 12.4 Å². The third-order valence-corrected chi connectivity index (χ3v) is 4.57. The van der Waals surface area contributed by atoms with Crippen LogP contribution in [0.2, 0.25) is 0 Å². The zero-order chi connectivity index (χ0) is 12.7. The molecule has 0 aliphatic heterocycles. The molecule has 2 aromatic rings. The van der Waals surface area contributed by atoms with Gasteiger partial charge in [-0.3, -0.25) is 0 Å². The van der Waals surface area contributed by atoms with Gasteiger partial charge in [-0.1, -0.05) is 54.6 Å². The van der Waals surface area contributed by atoms with Gasteiger partial charge in [-0.2, -0.15) is 0 Å². The highest BCUT2D eigenvalue weighted by Crippen LogP contribution is 2.43. The SMILES string of the molecule is Cl.c1ccc(C2C[C@@H]2NC2CCc3ccccc32)cc1. The Morgan fingerprint density at radius 1 is 0.900 bits per heavy atom. The summed E-state index contributed by atoms with van der Waals surface area (Å²) in [7, 11) is 0. The Hall–Kier alpha value is -1.31. The van der Waals surface area contributed by atoms with Crippen LogP contribution >= 0.6 is 12.4 Å². The minimum absolute atomic E-state index is 0. The van der Waals surface area contributed by atoms with Crippen molar-refractivity contribution in [2.24, 2.45) is 0 Å². The highest BCUT2D eigenvalue weighted by molar-refractivity contribution is 5.85. The van der Waals surface area contributed by atoms with E-state index in [1.54, 1.807) is 0 Å². The van der Waals surface area contributed by atoms with Crippen molar-refractivity contribution in [3.8, 4) is 0 Å². The minimum atomic E-state index is 0. The van der Waals surface area contributed by atoms with Crippen LogP contribution in [0.3, 0.4) is 0 Å². The molecule has 0 heterocycles. The van der Waals surface area contributed by atoms with Gasteiger partial charge in [0.25, 0.3) is 0 Å². The average Bonchev–Trinajstić information content (AvgIpc) is 3.13. The molecule has 4 rings (SSSR count). The highest BCUT2D eigenvalue weighted by Gasteiger charge is 2.40. The van der Waals surface area contributed by atoms with E-state index < -0.39 is 0 Å². The Bertz CT molecular complexity index is 581. The zero-order valence-corrected chi connectivity index (χ0v) is 12.3. The molecule has 0 aromatic heterocycles. The van der Waals surface area contributed by atoms with Crippen molar-refractivity contribution in [1.29, 1.82) is 0 Å². The van der Waals surface area contributed by atoms with E-state index in [0.29, 0.717) is 12.1 Å².